The van der Waals surface area contributed by atoms with E-state index in [-0.39, 0.29) is 12.1 Å². The van der Waals surface area contributed by atoms with E-state index in [2.05, 4.69) is 21.4 Å². The molecule has 2 aromatic rings. The van der Waals surface area contributed by atoms with Crippen LogP contribution in [0.1, 0.15) is 24.1 Å². The zero-order chi connectivity index (χ0) is 14.5. The zero-order valence-electron chi connectivity index (χ0n) is 11.1. The first kappa shape index (κ1) is 14.1. The number of nitriles is 1. The molecule has 0 radical (unpaired) electrons. The summed E-state index contributed by atoms with van der Waals surface area (Å²) in [7, 11) is 1.50. The highest BCUT2D eigenvalue weighted by molar-refractivity contribution is 6.32. The van der Waals surface area contributed by atoms with E-state index in [1.807, 2.05) is 19.1 Å². The number of halogens is 1. The van der Waals surface area contributed by atoms with Crippen molar-refractivity contribution in [2.45, 2.75) is 13.0 Å². The lowest BCUT2D eigenvalue weighted by Crippen LogP contribution is -2.09. The highest BCUT2D eigenvalue weighted by atomic mass is 35.5. The molecule has 1 heterocycles. The van der Waals surface area contributed by atoms with Crippen molar-refractivity contribution in [2.24, 2.45) is 0 Å². The van der Waals surface area contributed by atoms with Crippen molar-refractivity contribution in [2.75, 3.05) is 12.4 Å². The first-order valence-corrected chi connectivity index (χ1v) is 6.35. The molecule has 0 aliphatic heterocycles. The Kier molecular flexibility index (Phi) is 4.38. The average Bonchev–Trinajstić information content (AvgIpc) is 2.49. The minimum Gasteiger partial charge on any atom is -0.467 e. The highest BCUT2D eigenvalue weighted by Crippen LogP contribution is 2.25. The summed E-state index contributed by atoms with van der Waals surface area (Å²) in [6.07, 6.45) is 1.49. The molecule has 1 aromatic heterocycles. The van der Waals surface area contributed by atoms with Crippen LogP contribution in [0.3, 0.4) is 0 Å². The third kappa shape index (κ3) is 3.16. The van der Waals surface area contributed by atoms with Crippen LogP contribution in [0.5, 0.6) is 6.01 Å². The van der Waals surface area contributed by atoms with E-state index in [0.717, 1.165) is 5.56 Å². The van der Waals surface area contributed by atoms with E-state index in [0.29, 0.717) is 16.4 Å². The van der Waals surface area contributed by atoms with Gasteiger partial charge in [0.2, 0.25) is 0 Å². The number of anilines is 1. The predicted molar refractivity (Wildman–Crippen MR) is 76.8 cm³/mol. The van der Waals surface area contributed by atoms with E-state index < -0.39 is 0 Å². The van der Waals surface area contributed by atoms with Gasteiger partial charge in [0.25, 0.3) is 0 Å². The topological polar surface area (TPSA) is 70.8 Å². The molecule has 20 heavy (non-hydrogen) atoms. The summed E-state index contributed by atoms with van der Waals surface area (Å²) in [4.78, 5) is 8.08. The van der Waals surface area contributed by atoms with Gasteiger partial charge in [-0.2, -0.15) is 10.2 Å². The van der Waals surface area contributed by atoms with Gasteiger partial charge in [-0.1, -0.05) is 23.7 Å². The Hall–Kier alpha value is -2.32. The molecule has 0 bridgehead atoms. The van der Waals surface area contributed by atoms with Gasteiger partial charge in [-0.15, -0.1) is 0 Å². The summed E-state index contributed by atoms with van der Waals surface area (Å²) >= 11 is 6.05. The number of aromatic nitrogens is 2. The normalized spacial score (nSPS) is 11.5. The first-order chi connectivity index (χ1) is 9.63. The summed E-state index contributed by atoms with van der Waals surface area (Å²) in [5.41, 5.74) is 1.65. The molecular weight excluding hydrogens is 276 g/mol. The second-order valence-electron chi connectivity index (χ2n) is 4.15. The molecule has 5 nitrogen and oxygen atoms in total. The van der Waals surface area contributed by atoms with Crippen LogP contribution in [-0.2, 0) is 0 Å². The Balaban J connectivity index is 2.18. The maximum Gasteiger partial charge on any atom is 0.318 e. The number of ether oxygens (including phenoxy) is 1. The quantitative estimate of drug-likeness (QED) is 0.935. The van der Waals surface area contributed by atoms with Crippen molar-refractivity contribution in [1.82, 2.24) is 9.97 Å². The van der Waals surface area contributed by atoms with Crippen molar-refractivity contribution in [3.05, 3.63) is 46.6 Å². The van der Waals surface area contributed by atoms with Crippen LogP contribution in [0.25, 0.3) is 0 Å². The van der Waals surface area contributed by atoms with Gasteiger partial charge in [-0.3, -0.25) is 0 Å². The first-order valence-electron chi connectivity index (χ1n) is 5.97. The molecule has 0 aliphatic rings. The van der Waals surface area contributed by atoms with Crippen molar-refractivity contribution in [3.8, 4) is 12.1 Å². The second kappa shape index (κ2) is 6.22. The summed E-state index contributed by atoms with van der Waals surface area (Å²) in [6, 6.07) is 9.66. The number of rotatable bonds is 4. The Morgan fingerprint density at radius 2 is 2.05 bits per heavy atom. The van der Waals surface area contributed by atoms with Gasteiger partial charge in [0.15, 0.2) is 5.82 Å². The SMILES string of the molecule is COc1ncc(Cl)c(NC(C)c2ccc(C#N)cc2)n1. The summed E-state index contributed by atoms with van der Waals surface area (Å²) in [5.74, 6) is 0.510. The number of nitrogens with one attached hydrogen (secondary N) is 1. The molecule has 0 amide bonds. The van der Waals surface area contributed by atoms with Gasteiger partial charge < -0.3 is 10.1 Å². The fourth-order valence-electron chi connectivity index (χ4n) is 1.69. The maximum atomic E-state index is 8.78. The average molecular weight is 289 g/mol. The van der Waals surface area contributed by atoms with E-state index >= 15 is 0 Å². The molecular formula is C14H13ClN4O. The van der Waals surface area contributed by atoms with E-state index in [9.17, 15) is 0 Å². The number of benzene rings is 1. The number of hydrogen-bond donors (Lipinski definition) is 1. The molecule has 0 saturated carbocycles. The molecule has 0 fully saturated rings. The van der Waals surface area contributed by atoms with Crippen molar-refractivity contribution in [3.63, 3.8) is 0 Å². The Bertz CT molecular complexity index is 637. The largest absolute Gasteiger partial charge is 0.467 e. The fraction of sp³-hybridized carbons (Fsp3) is 0.214. The second-order valence-corrected chi connectivity index (χ2v) is 4.56. The molecule has 1 aromatic carbocycles. The number of hydrogen-bond acceptors (Lipinski definition) is 5. The molecule has 2 rings (SSSR count). The highest BCUT2D eigenvalue weighted by Gasteiger charge is 2.10. The standard InChI is InChI=1S/C14H13ClN4O/c1-9(11-5-3-10(7-16)4-6-11)18-13-12(15)8-17-14(19-13)20-2/h3-6,8-9H,1-2H3,(H,17,18,19). The van der Waals surface area contributed by atoms with E-state index in [1.54, 1.807) is 12.1 Å². The molecule has 6 heteroatoms. The summed E-state index contributed by atoms with van der Waals surface area (Å²) in [5, 5.41) is 12.4. The molecule has 0 aliphatic carbocycles. The van der Waals surface area contributed by atoms with Crippen LogP contribution in [-0.4, -0.2) is 17.1 Å². The lowest BCUT2D eigenvalue weighted by atomic mass is 10.1. The fourth-order valence-corrected chi connectivity index (χ4v) is 1.83. The van der Waals surface area contributed by atoms with E-state index in [4.69, 9.17) is 21.6 Å². The van der Waals surface area contributed by atoms with Crippen LogP contribution < -0.4 is 10.1 Å². The van der Waals surface area contributed by atoms with Gasteiger partial charge in [-0.05, 0) is 24.6 Å². The van der Waals surface area contributed by atoms with E-state index in [1.165, 1.54) is 13.3 Å². The van der Waals surface area contributed by atoms with Crippen LogP contribution in [0.4, 0.5) is 5.82 Å². The van der Waals surface area contributed by atoms with Gasteiger partial charge >= 0.3 is 6.01 Å². The van der Waals surface area contributed by atoms with Gasteiger partial charge in [-0.25, -0.2) is 4.98 Å². The summed E-state index contributed by atoms with van der Waals surface area (Å²) in [6.45, 7) is 1.98. The zero-order valence-corrected chi connectivity index (χ0v) is 11.8. The molecule has 102 valence electrons. The van der Waals surface area contributed by atoms with Gasteiger partial charge in [0, 0.05) is 6.04 Å². The minimum atomic E-state index is -0.0140. The number of methoxy groups -OCH3 is 1. The molecule has 1 unspecified atom stereocenters. The van der Waals surface area contributed by atoms with Crippen molar-refractivity contribution in [1.29, 1.82) is 5.26 Å². The molecule has 1 atom stereocenters. The third-order valence-electron chi connectivity index (χ3n) is 2.80. The van der Waals surface area contributed by atoms with Crippen molar-refractivity contribution >= 4 is 17.4 Å². The van der Waals surface area contributed by atoms with Crippen LogP contribution in [0.2, 0.25) is 5.02 Å². The van der Waals surface area contributed by atoms with Gasteiger partial charge in [0.1, 0.15) is 5.02 Å². The monoisotopic (exact) mass is 288 g/mol. The lowest BCUT2D eigenvalue weighted by molar-refractivity contribution is 0.380. The Morgan fingerprint density at radius 3 is 2.65 bits per heavy atom. The van der Waals surface area contributed by atoms with Crippen LogP contribution in [0, 0.1) is 11.3 Å². The van der Waals surface area contributed by atoms with Crippen molar-refractivity contribution < 1.29 is 4.74 Å². The minimum absolute atomic E-state index is 0.0140. The van der Waals surface area contributed by atoms with Crippen LogP contribution in [0.15, 0.2) is 30.5 Å². The number of nitrogens with zero attached hydrogens (tertiary/aromatic N) is 3. The maximum absolute atomic E-state index is 8.78. The summed E-state index contributed by atoms with van der Waals surface area (Å²) < 4.78 is 4.97. The smallest absolute Gasteiger partial charge is 0.318 e. The predicted octanol–water partition coefficient (Wildman–Crippen LogP) is 3.18. The molecule has 0 saturated heterocycles. The third-order valence-corrected chi connectivity index (χ3v) is 3.07. The molecule has 0 spiro atoms. The van der Waals surface area contributed by atoms with Crippen LogP contribution >= 0.6 is 11.6 Å². The molecule has 1 N–H and O–H groups in total. The Labute approximate surface area is 122 Å². The Morgan fingerprint density at radius 1 is 1.35 bits per heavy atom. The van der Waals surface area contributed by atoms with Gasteiger partial charge in [0.05, 0.1) is 24.9 Å². The lowest BCUT2D eigenvalue weighted by Gasteiger charge is -2.16.